The van der Waals surface area contributed by atoms with Gasteiger partial charge in [-0.25, -0.2) is 0 Å². The number of aliphatic hydroxyl groups is 2. The van der Waals surface area contributed by atoms with Gasteiger partial charge >= 0.3 is 0 Å². The van der Waals surface area contributed by atoms with Crippen LogP contribution in [-0.4, -0.2) is 47.5 Å². The Labute approximate surface area is 137 Å². The van der Waals surface area contributed by atoms with Crippen molar-refractivity contribution in [3.05, 3.63) is 24.0 Å². The first kappa shape index (κ1) is 16.5. The van der Waals surface area contributed by atoms with Gasteiger partial charge in [-0.15, -0.1) is 0 Å². The van der Waals surface area contributed by atoms with Gasteiger partial charge in [-0.05, 0) is 43.2 Å². The summed E-state index contributed by atoms with van der Waals surface area (Å²) in [7, 11) is 0. The van der Waals surface area contributed by atoms with Crippen molar-refractivity contribution in [1.29, 1.82) is 0 Å². The maximum atomic E-state index is 12.1. The van der Waals surface area contributed by atoms with Crippen molar-refractivity contribution in [2.24, 2.45) is 11.8 Å². The number of carbonyl (C=O) groups excluding carboxylic acids is 1. The van der Waals surface area contributed by atoms with Gasteiger partial charge in [0.2, 0.25) is 5.91 Å². The van der Waals surface area contributed by atoms with Gasteiger partial charge in [0.1, 0.15) is 6.04 Å². The predicted octanol–water partition coefficient (Wildman–Crippen LogP) is -0.00650. The molecule has 4 atom stereocenters. The summed E-state index contributed by atoms with van der Waals surface area (Å²) >= 11 is 0. The summed E-state index contributed by atoms with van der Waals surface area (Å²) in [6.45, 7) is 0.504. The van der Waals surface area contributed by atoms with Crippen LogP contribution in [0, 0.1) is 11.8 Å². The third-order valence-corrected chi connectivity index (χ3v) is 5.10. The number of fused-ring (bicyclic) bond motifs is 1. The number of amides is 1. The average molecular weight is 321 g/mol. The number of allylic oxidation sites excluding steroid dienone is 1. The highest BCUT2D eigenvalue weighted by molar-refractivity contribution is 5.84. The second kappa shape index (κ2) is 7.47. The molecule has 2 unspecified atom stereocenters. The molecular weight excluding hydrogens is 294 g/mol. The second-order valence-corrected chi connectivity index (χ2v) is 6.87. The van der Waals surface area contributed by atoms with Crippen molar-refractivity contribution in [2.45, 2.75) is 50.3 Å². The smallest absolute Gasteiger partial charge is 0.247 e. The first-order valence-electron chi connectivity index (χ1n) is 8.61. The van der Waals surface area contributed by atoms with Gasteiger partial charge in [-0.2, -0.15) is 0 Å². The Hall–Kier alpha value is -1.37. The van der Waals surface area contributed by atoms with Crippen molar-refractivity contribution in [3.8, 4) is 0 Å². The minimum absolute atomic E-state index is 0.00956. The van der Waals surface area contributed by atoms with Gasteiger partial charge in [-0.3, -0.25) is 4.79 Å². The van der Waals surface area contributed by atoms with Crippen LogP contribution in [0.15, 0.2) is 24.0 Å². The molecule has 0 saturated heterocycles. The first-order valence-corrected chi connectivity index (χ1v) is 8.61. The van der Waals surface area contributed by atoms with Crippen LogP contribution < -0.4 is 16.0 Å². The zero-order valence-corrected chi connectivity index (χ0v) is 13.4. The van der Waals surface area contributed by atoms with Gasteiger partial charge in [0.25, 0.3) is 0 Å². The van der Waals surface area contributed by atoms with Crippen LogP contribution in [0.3, 0.4) is 0 Å². The highest BCUT2D eigenvalue weighted by Gasteiger charge is 2.35. The van der Waals surface area contributed by atoms with Crippen LogP contribution >= 0.6 is 0 Å². The minimum Gasteiger partial charge on any atom is -0.395 e. The molecule has 1 fully saturated rings. The average Bonchev–Trinajstić information content (AvgIpc) is 3.24. The lowest BCUT2D eigenvalue weighted by molar-refractivity contribution is -0.122. The number of carbonyl (C=O) groups is 1. The van der Waals surface area contributed by atoms with Crippen LogP contribution in [0.1, 0.15) is 32.1 Å². The van der Waals surface area contributed by atoms with Gasteiger partial charge in [-0.1, -0.05) is 18.9 Å². The Morgan fingerprint density at radius 2 is 2.17 bits per heavy atom. The normalized spacial score (nSPS) is 31.0. The third-order valence-electron chi connectivity index (χ3n) is 5.10. The molecule has 0 radical (unpaired) electrons. The molecule has 3 aliphatic rings. The topological polar surface area (TPSA) is 93.6 Å². The Balaban J connectivity index is 1.54. The molecule has 1 amide bonds. The van der Waals surface area contributed by atoms with E-state index < -0.39 is 6.10 Å². The lowest BCUT2D eigenvalue weighted by atomic mass is 9.88. The van der Waals surface area contributed by atoms with Crippen molar-refractivity contribution in [3.63, 3.8) is 0 Å². The molecule has 0 aromatic rings. The molecule has 2 aliphatic heterocycles. The maximum absolute atomic E-state index is 12.1. The Bertz CT molecular complexity index is 487. The lowest BCUT2D eigenvalue weighted by Gasteiger charge is -2.26. The summed E-state index contributed by atoms with van der Waals surface area (Å²) in [5, 5.41) is 29.0. The monoisotopic (exact) mass is 321 g/mol. The molecule has 23 heavy (non-hydrogen) atoms. The summed E-state index contributed by atoms with van der Waals surface area (Å²) < 4.78 is 0. The van der Waals surface area contributed by atoms with Crippen molar-refractivity contribution >= 4 is 5.91 Å². The molecule has 3 rings (SSSR count). The summed E-state index contributed by atoms with van der Waals surface area (Å²) in [6.07, 6.45) is 10.1. The number of nitrogens with one attached hydrogen (secondary N) is 3. The van der Waals surface area contributed by atoms with Gasteiger partial charge < -0.3 is 26.2 Å². The molecule has 0 aromatic carbocycles. The van der Waals surface area contributed by atoms with E-state index in [0.717, 1.165) is 24.8 Å². The summed E-state index contributed by atoms with van der Waals surface area (Å²) in [6, 6.07) is -0.529. The lowest BCUT2D eigenvalue weighted by Crippen LogP contribution is -2.46. The Morgan fingerprint density at radius 1 is 1.35 bits per heavy atom. The molecule has 0 bridgehead atoms. The van der Waals surface area contributed by atoms with E-state index in [2.05, 4.69) is 16.0 Å². The molecule has 0 spiro atoms. The van der Waals surface area contributed by atoms with E-state index in [-0.39, 0.29) is 30.5 Å². The molecule has 5 N–H and O–H groups in total. The zero-order chi connectivity index (χ0) is 16.2. The third kappa shape index (κ3) is 4.13. The summed E-state index contributed by atoms with van der Waals surface area (Å²) in [5.74, 6) is 0.774. The number of aliphatic hydroxyl groups excluding tert-OH is 2. The second-order valence-electron chi connectivity index (χ2n) is 6.87. The van der Waals surface area contributed by atoms with Gasteiger partial charge in [0.05, 0.1) is 18.8 Å². The molecule has 1 saturated carbocycles. The van der Waals surface area contributed by atoms with E-state index in [4.69, 9.17) is 0 Å². The number of hydrogen-bond donors (Lipinski definition) is 5. The van der Waals surface area contributed by atoms with E-state index in [1.807, 2.05) is 12.3 Å². The van der Waals surface area contributed by atoms with E-state index >= 15 is 0 Å². The number of hydrogen-bond acceptors (Lipinski definition) is 5. The van der Waals surface area contributed by atoms with Crippen LogP contribution in [-0.2, 0) is 4.79 Å². The maximum Gasteiger partial charge on any atom is 0.247 e. The molecule has 128 valence electrons. The van der Waals surface area contributed by atoms with Gasteiger partial charge in [0.15, 0.2) is 0 Å². The minimum atomic E-state index is -0.512. The first-order chi connectivity index (χ1) is 11.2. The van der Waals surface area contributed by atoms with E-state index in [1.165, 1.54) is 12.8 Å². The predicted molar refractivity (Wildman–Crippen MR) is 87.2 cm³/mol. The number of rotatable bonds is 7. The molecule has 1 aliphatic carbocycles. The quantitative estimate of drug-likeness (QED) is 0.455. The molecule has 6 heteroatoms. The molecule has 2 heterocycles. The zero-order valence-electron chi connectivity index (χ0n) is 13.4. The van der Waals surface area contributed by atoms with Crippen LogP contribution in [0.2, 0.25) is 0 Å². The van der Waals surface area contributed by atoms with Crippen molar-refractivity contribution < 1.29 is 15.0 Å². The van der Waals surface area contributed by atoms with Crippen LogP contribution in [0.5, 0.6) is 0 Å². The fraction of sp³-hybridized carbons (Fsp3) is 0.706. The van der Waals surface area contributed by atoms with Crippen molar-refractivity contribution in [1.82, 2.24) is 16.0 Å². The standard InChI is InChI=1S/C17H27N3O3/c21-10-14(15(22)7-11-4-5-11)19-8-12-9-20-16-13(12)3-1-2-6-18-17(16)23/h2,6,9,11,13-16,19-22H,1,3-5,7-8,10H2,(H,18,23)/b6-2+/t13?,14-,15-,16?/m0/s1. The van der Waals surface area contributed by atoms with E-state index in [0.29, 0.717) is 12.5 Å². The molecule has 0 aromatic heterocycles. The van der Waals surface area contributed by atoms with Gasteiger partial charge in [0, 0.05) is 12.5 Å². The van der Waals surface area contributed by atoms with Crippen molar-refractivity contribution in [2.75, 3.05) is 13.2 Å². The fourth-order valence-electron chi connectivity index (χ4n) is 3.45. The van der Waals surface area contributed by atoms with Crippen LogP contribution in [0.25, 0.3) is 0 Å². The van der Waals surface area contributed by atoms with E-state index in [9.17, 15) is 15.0 Å². The largest absolute Gasteiger partial charge is 0.395 e. The van der Waals surface area contributed by atoms with Crippen LogP contribution in [0.4, 0.5) is 0 Å². The molecular formula is C17H27N3O3. The van der Waals surface area contributed by atoms with E-state index in [1.54, 1.807) is 6.20 Å². The SMILES string of the molecule is O=C1N/C=C/CCC2C(CN[C@@H](CO)[C@@H](O)CC3CC3)=CNC12. The fourth-order valence-corrected chi connectivity index (χ4v) is 3.45. The Kier molecular flexibility index (Phi) is 5.35. The highest BCUT2D eigenvalue weighted by atomic mass is 16.3. The summed E-state index contributed by atoms with van der Waals surface area (Å²) in [5.41, 5.74) is 1.14. The Morgan fingerprint density at radius 3 is 2.91 bits per heavy atom. The molecule has 6 nitrogen and oxygen atoms in total. The highest BCUT2D eigenvalue weighted by Crippen LogP contribution is 2.34. The summed E-state index contributed by atoms with van der Waals surface area (Å²) in [4.78, 5) is 12.1.